The highest BCUT2D eigenvalue weighted by Crippen LogP contribution is 2.39. The first kappa shape index (κ1) is 75.1. The number of nitrogens with one attached hydrogen (secondary N) is 2. The molecule has 538 valence electrons. The van der Waals surface area contributed by atoms with Crippen LogP contribution < -0.4 is 39.1 Å². The number of fused-ring (bicyclic) bond motifs is 4. The number of amides is 2. The van der Waals surface area contributed by atoms with Crippen molar-refractivity contribution in [3.63, 3.8) is 0 Å². The largest absolute Gasteiger partial charge is 0.494 e. The molecule has 4 aromatic carbocycles. The van der Waals surface area contributed by atoms with Crippen molar-refractivity contribution >= 4 is 40.6 Å². The number of carbonyl (C=O) groups is 2. The number of aliphatic hydroxyl groups is 3. The molecule has 97 heavy (non-hydrogen) atoms. The van der Waals surface area contributed by atoms with E-state index in [1.807, 2.05) is 64.1 Å². The Morgan fingerprint density at radius 1 is 0.577 bits per heavy atom. The lowest BCUT2D eigenvalue weighted by Crippen LogP contribution is -2.51. The lowest BCUT2D eigenvalue weighted by atomic mass is 10.0. The Hall–Kier alpha value is -6.06. The van der Waals surface area contributed by atoms with Gasteiger partial charge in [0.2, 0.25) is 33.6 Å². The summed E-state index contributed by atoms with van der Waals surface area (Å²) in [6, 6.07) is 21.6. The van der Waals surface area contributed by atoms with E-state index in [2.05, 4.69) is 44.5 Å². The van der Waals surface area contributed by atoms with Crippen LogP contribution in [-0.2, 0) is 65.7 Å². The Balaban J connectivity index is 0.000000230. The standard InChI is InChI=1S/C37H56N2O11SSi.C31H42N2O11S/c1-25(2)21-39(51(42,43)28-13-14-32-33(20-28)48-24-47-32)22-31(40)30(38-36(41)50-34-23-46-35-29(34)15-18-45-35)19-26-9-11-27(12-10-26)44-16-8-17-49-52(6,7)37(3,4)5;1-20(2)16-33(45(37,38)23-8-9-27-28(15-23)43-19-42-27)17-26(35)25(14-21-4-6-22(7-5-21)39-12-3-11-34)32-31(36)44-29-18-41-30-24(29)10-13-40-30/h9-14,20,25,29-31,34-35,40H,8,15-19,21-24H2,1-7H3,(H,38,41);4-9,15,20,24-26,29-30,34-35H,3,10-14,16-19H2,1-2H3,(H,32,36)/t29-,30-,31+,34-,35+;24-,25-,26+,29-,30+/m00/s1. The van der Waals surface area contributed by atoms with Crippen molar-refractivity contribution in [2.75, 3.05) is 92.6 Å². The number of rotatable bonds is 32. The molecule has 10 atom stereocenters. The van der Waals surface area contributed by atoms with E-state index in [-0.39, 0.29) is 111 Å². The predicted molar refractivity (Wildman–Crippen MR) is 357 cm³/mol. The summed E-state index contributed by atoms with van der Waals surface area (Å²) in [5.74, 6) is 2.66. The van der Waals surface area contributed by atoms with Gasteiger partial charge in [-0.1, -0.05) is 72.7 Å². The zero-order valence-electron chi connectivity index (χ0n) is 57.0. The van der Waals surface area contributed by atoms with E-state index in [0.29, 0.717) is 86.8 Å². The Morgan fingerprint density at radius 3 is 1.39 bits per heavy atom. The van der Waals surface area contributed by atoms with Gasteiger partial charge in [-0.2, -0.15) is 8.61 Å². The summed E-state index contributed by atoms with van der Waals surface area (Å²) in [4.78, 5) is 26.5. The van der Waals surface area contributed by atoms with Crippen molar-refractivity contribution in [3.8, 4) is 34.5 Å². The van der Waals surface area contributed by atoms with Crippen LogP contribution in [0.2, 0.25) is 18.1 Å². The highest BCUT2D eigenvalue weighted by atomic mass is 32.2. The molecule has 2 amide bonds. The van der Waals surface area contributed by atoms with Crippen molar-refractivity contribution < 1.29 is 103 Å². The summed E-state index contributed by atoms with van der Waals surface area (Å²) < 4.78 is 131. The number of hydrogen-bond donors (Lipinski definition) is 5. The number of aliphatic hydroxyl groups excluding tert-OH is 3. The molecule has 29 heteroatoms. The van der Waals surface area contributed by atoms with E-state index in [1.165, 1.54) is 32.9 Å². The fourth-order valence-corrected chi connectivity index (χ4v) is 16.1. The van der Waals surface area contributed by atoms with Crippen molar-refractivity contribution in [1.29, 1.82) is 0 Å². The van der Waals surface area contributed by atoms with Gasteiger partial charge in [-0.05, 0) is 115 Å². The van der Waals surface area contributed by atoms with Crippen molar-refractivity contribution in [2.24, 2.45) is 23.7 Å². The van der Waals surface area contributed by atoms with E-state index >= 15 is 0 Å². The number of ether oxygens (including phenoxy) is 12. The van der Waals surface area contributed by atoms with Gasteiger partial charge in [-0.15, -0.1) is 0 Å². The maximum Gasteiger partial charge on any atom is 0.407 e. The van der Waals surface area contributed by atoms with Gasteiger partial charge < -0.3 is 87.2 Å². The van der Waals surface area contributed by atoms with Crippen molar-refractivity contribution in [2.45, 2.75) is 164 Å². The second kappa shape index (κ2) is 33.9. The van der Waals surface area contributed by atoms with Crippen molar-refractivity contribution in [3.05, 3.63) is 96.1 Å². The second-order valence-corrected chi connectivity index (χ2v) is 36.2. The minimum absolute atomic E-state index is 0.00782. The molecule has 0 unspecified atom stereocenters. The third-order valence-electron chi connectivity index (χ3n) is 18.1. The lowest BCUT2D eigenvalue weighted by Gasteiger charge is -2.36. The van der Waals surface area contributed by atoms with Gasteiger partial charge in [0.05, 0.1) is 85.6 Å². The maximum atomic E-state index is 14.0. The molecule has 0 bridgehead atoms. The monoisotopic (exact) mass is 1410 g/mol. The third-order valence-corrected chi connectivity index (χ3v) is 26.3. The number of sulfonamides is 2. The highest BCUT2D eigenvalue weighted by molar-refractivity contribution is 7.89. The zero-order valence-corrected chi connectivity index (χ0v) is 59.6. The molecule has 6 aliphatic heterocycles. The molecule has 4 aromatic rings. The Kier molecular flexibility index (Phi) is 26.2. The summed E-state index contributed by atoms with van der Waals surface area (Å²) >= 11 is 0. The van der Waals surface area contributed by atoms with E-state index in [4.69, 9.17) is 66.4 Å². The average molecular weight is 1420 g/mol. The normalized spacial score (nSPS) is 21.6. The van der Waals surface area contributed by atoms with Gasteiger partial charge in [0.25, 0.3) is 0 Å². The molecule has 6 aliphatic rings. The Morgan fingerprint density at radius 2 is 0.990 bits per heavy atom. The quantitative estimate of drug-likeness (QED) is 0.0232. The lowest BCUT2D eigenvalue weighted by molar-refractivity contribution is -0.0909. The molecular weight excluding hydrogens is 1320 g/mol. The van der Waals surface area contributed by atoms with Gasteiger partial charge in [0.1, 0.15) is 23.7 Å². The van der Waals surface area contributed by atoms with Crippen LogP contribution in [0.1, 0.15) is 85.3 Å². The van der Waals surface area contributed by atoms with Crippen LogP contribution in [-0.4, -0.2) is 203 Å². The van der Waals surface area contributed by atoms with Crippen LogP contribution in [0.4, 0.5) is 9.59 Å². The molecule has 6 heterocycles. The van der Waals surface area contributed by atoms with E-state index in [1.54, 1.807) is 24.3 Å². The van der Waals surface area contributed by atoms with Crippen LogP contribution in [0.25, 0.3) is 0 Å². The zero-order chi connectivity index (χ0) is 69.7. The summed E-state index contributed by atoms with van der Waals surface area (Å²) in [6.45, 7) is 21.4. The molecule has 0 aliphatic carbocycles. The number of nitrogens with zero attached hydrogens (tertiary/aromatic N) is 2. The van der Waals surface area contributed by atoms with Crippen LogP contribution in [0.15, 0.2) is 94.7 Å². The smallest absolute Gasteiger partial charge is 0.407 e. The first-order chi connectivity index (χ1) is 46.2. The van der Waals surface area contributed by atoms with Gasteiger partial charge in [-0.3, -0.25) is 0 Å². The van der Waals surface area contributed by atoms with Crippen molar-refractivity contribution in [1.82, 2.24) is 19.2 Å². The van der Waals surface area contributed by atoms with Crippen LogP contribution in [0, 0.1) is 23.7 Å². The van der Waals surface area contributed by atoms with Gasteiger partial charge in [0, 0.05) is 64.4 Å². The van der Waals surface area contributed by atoms with Gasteiger partial charge in [0.15, 0.2) is 43.9 Å². The summed E-state index contributed by atoms with van der Waals surface area (Å²) in [7, 11) is -9.95. The third kappa shape index (κ3) is 20.3. The molecule has 0 radical (unpaired) electrons. The first-order valence-corrected chi connectivity index (χ1v) is 39.2. The van der Waals surface area contributed by atoms with Gasteiger partial charge >= 0.3 is 12.2 Å². The predicted octanol–water partition coefficient (Wildman–Crippen LogP) is 7.60. The summed E-state index contributed by atoms with van der Waals surface area (Å²) in [5.41, 5.74) is 1.58. The highest BCUT2D eigenvalue weighted by Gasteiger charge is 2.46. The minimum atomic E-state index is -4.07. The minimum Gasteiger partial charge on any atom is -0.494 e. The second-order valence-electron chi connectivity index (χ2n) is 27.5. The molecule has 10 rings (SSSR count). The SMILES string of the molecule is CC(C)CN(C[C@@H](O)[C@H](Cc1ccc(OCCCO)cc1)NC(=O)O[C@H]1CO[C@H]2OCC[C@H]21)S(=O)(=O)c1ccc2c(c1)OCO2.CC(C)CN(C[C@@H](O)[C@H](Cc1ccc(OCCCO[Si](C)(C)C(C)(C)C)cc1)NC(=O)O[C@H]1CO[C@H]2OCC[C@H]21)S(=O)(=O)c1ccc2c(c1)OCO2. The molecule has 0 aromatic heterocycles. The summed E-state index contributed by atoms with van der Waals surface area (Å²) in [5, 5.41) is 38.0. The number of alkyl carbamates (subject to hydrolysis) is 2. The van der Waals surface area contributed by atoms with E-state index in [0.717, 1.165) is 17.5 Å². The molecule has 4 fully saturated rings. The fraction of sp³-hybridized carbons (Fsp3) is 0.618. The number of hydrogen-bond acceptors (Lipinski definition) is 22. The molecule has 26 nitrogen and oxygen atoms in total. The molecule has 5 N–H and O–H groups in total. The average Bonchev–Trinajstić information content (AvgIpc) is 1.28. The van der Waals surface area contributed by atoms with Crippen LogP contribution in [0.5, 0.6) is 34.5 Å². The molecule has 0 saturated carbocycles. The molecule has 4 saturated heterocycles. The van der Waals surface area contributed by atoms with Crippen LogP contribution in [0.3, 0.4) is 0 Å². The Bertz CT molecular complexity index is 3440. The van der Waals surface area contributed by atoms with E-state index in [9.17, 15) is 36.6 Å². The fourth-order valence-electron chi connectivity index (χ4n) is 11.7. The topological polar surface area (TPSA) is 314 Å². The summed E-state index contributed by atoms with van der Waals surface area (Å²) in [6.07, 6.45) is -2.75. The maximum absolute atomic E-state index is 14.0. The number of benzene rings is 4. The Labute approximate surface area is 570 Å². The van der Waals surface area contributed by atoms with E-state index < -0.39 is 89.6 Å². The van der Waals surface area contributed by atoms with Crippen LogP contribution >= 0.6 is 0 Å². The molecular formula is C68H98N4O22S2Si. The number of carbonyl (C=O) groups excluding carboxylic acids is 2. The van der Waals surface area contributed by atoms with Gasteiger partial charge in [-0.25, -0.2) is 26.4 Å². The molecule has 0 spiro atoms. The first-order valence-electron chi connectivity index (χ1n) is 33.4.